The fraction of sp³-hybridized carbons (Fsp3) is 0.538. The van der Waals surface area contributed by atoms with Gasteiger partial charge in [0, 0.05) is 17.1 Å². The highest BCUT2D eigenvalue weighted by molar-refractivity contribution is 9.10. The van der Waals surface area contributed by atoms with Gasteiger partial charge in [0.15, 0.2) is 0 Å². The van der Waals surface area contributed by atoms with Crippen LogP contribution in [0.1, 0.15) is 20.3 Å². The summed E-state index contributed by atoms with van der Waals surface area (Å²) in [5.41, 5.74) is 5.22. The van der Waals surface area contributed by atoms with E-state index in [1.54, 1.807) is 0 Å². The topological polar surface area (TPSA) is 75.4 Å². The van der Waals surface area contributed by atoms with Crippen LogP contribution in [0.25, 0.3) is 0 Å². The van der Waals surface area contributed by atoms with E-state index in [-0.39, 0.29) is 15.1 Å². The summed E-state index contributed by atoms with van der Waals surface area (Å²) in [6.45, 7) is 5.24. The highest BCUT2D eigenvalue weighted by Gasteiger charge is 2.19. The van der Waals surface area contributed by atoms with Crippen LogP contribution in [-0.2, 0) is 10.0 Å². The van der Waals surface area contributed by atoms with Crippen LogP contribution in [0, 0.1) is 5.82 Å². The highest BCUT2D eigenvalue weighted by Crippen LogP contribution is 2.26. The quantitative estimate of drug-likeness (QED) is 0.560. The number of nitrogen functional groups attached to an aromatic ring is 1. The van der Waals surface area contributed by atoms with E-state index in [1.165, 1.54) is 0 Å². The first-order valence-corrected chi connectivity index (χ1v) is 8.87. The molecule has 5 nitrogen and oxygen atoms in total. The van der Waals surface area contributed by atoms with Gasteiger partial charge in [-0.1, -0.05) is 0 Å². The van der Waals surface area contributed by atoms with Crippen LogP contribution in [0.2, 0.25) is 0 Å². The van der Waals surface area contributed by atoms with Crippen LogP contribution in [-0.4, -0.2) is 39.5 Å². The van der Waals surface area contributed by atoms with E-state index >= 15 is 0 Å². The molecule has 0 amide bonds. The fourth-order valence-corrected chi connectivity index (χ4v) is 3.74. The van der Waals surface area contributed by atoms with Gasteiger partial charge in [0.2, 0.25) is 10.0 Å². The lowest BCUT2D eigenvalue weighted by molar-refractivity contribution is 0.271. The zero-order valence-corrected chi connectivity index (χ0v) is 14.8. The van der Waals surface area contributed by atoms with Gasteiger partial charge < -0.3 is 10.6 Å². The monoisotopic (exact) mass is 381 g/mol. The molecule has 0 radical (unpaired) electrons. The molecule has 8 heteroatoms. The van der Waals surface area contributed by atoms with Gasteiger partial charge >= 0.3 is 0 Å². The standard InChI is InChI=1S/C13H21BrFN3O2S/c1-9(2)18(3)6-4-5-17-21(19,20)13-8-12(16)11(15)7-10(13)14/h7-9,17H,4-6,16H2,1-3H3. The molecule has 0 bridgehead atoms. The molecule has 0 fully saturated rings. The zero-order chi connectivity index (χ0) is 16.2. The summed E-state index contributed by atoms with van der Waals surface area (Å²) in [6.07, 6.45) is 0.683. The predicted octanol–water partition coefficient (Wildman–Crippen LogP) is 2.18. The first-order chi connectivity index (χ1) is 9.65. The van der Waals surface area contributed by atoms with Crippen LogP contribution >= 0.6 is 15.9 Å². The number of hydrogen-bond donors (Lipinski definition) is 2. The van der Waals surface area contributed by atoms with E-state index < -0.39 is 15.8 Å². The summed E-state index contributed by atoms with van der Waals surface area (Å²) < 4.78 is 40.2. The van der Waals surface area contributed by atoms with E-state index in [1.807, 2.05) is 7.05 Å². The molecule has 0 heterocycles. The summed E-state index contributed by atoms with van der Waals surface area (Å²) in [7, 11) is -1.73. The number of benzene rings is 1. The molecule has 0 aliphatic carbocycles. The van der Waals surface area contributed by atoms with Gasteiger partial charge in [0.1, 0.15) is 5.82 Å². The fourth-order valence-electron chi connectivity index (χ4n) is 1.62. The largest absolute Gasteiger partial charge is 0.396 e. The van der Waals surface area contributed by atoms with Gasteiger partial charge in [-0.2, -0.15) is 0 Å². The van der Waals surface area contributed by atoms with Crippen molar-refractivity contribution in [2.45, 2.75) is 31.2 Å². The first-order valence-electron chi connectivity index (χ1n) is 6.59. The molecule has 0 unspecified atom stereocenters. The smallest absolute Gasteiger partial charge is 0.241 e. The van der Waals surface area contributed by atoms with Crippen molar-refractivity contribution < 1.29 is 12.8 Å². The Labute approximate surface area is 133 Å². The summed E-state index contributed by atoms with van der Waals surface area (Å²) in [6, 6.07) is 2.57. The molecule has 1 aromatic rings. The van der Waals surface area contributed by atoms with Gasteiger partial charge in [-0.25, -0.2) is 17.5 Å². The minimum absolute atomic E-state index is 0.0568. The van der Waals surface area contributed by atoms with Gasteiger partial charge in [-0.15, -0.1) is 0 Å². The number of hydrogen-bond acceptors (Lipinski definition) is 4. The number of halogens is 2. The van der Waals surface area contributed by atoms with Gasteiger partial charge in [0.05, 0.1) is 10.6 Å². The van der Waals surface area contributed by atoms with Crippen LogP contribution in [0.3, 0.4) is 0 Å². The number of nitrogens with one attached hydrogen (secondary N) is 1. The Morgan fingerprint density at radius 2 is 2.05 bits per heavy atom. The van der Waals surface area contributed by atoms with Crippen LogP contribution in [0.15, 0.2) is 21.5 Å². The summed E-state index contributed by atoms with van der Waals surface area (Å²) >= 11 is 3.05. The van der Waals surface area contributed by atoms with Crippen molar-refractivity contribution in [3.63, 3.8) is 0 Å². The number of nitrogens with zero attached hydrogens (tertiary/aromatic N) is 1. The summed E-state index contributed by atoms with van der Waals surface area (Å²) in [4.78, 5) is 2.07. The number of anilines is 1. The molecular formula is C13H21BrFN3O2S. The molecule has 3 N–H and O–H groups in total. The molecule has 0 saturated heterocycles. The van der Waals surface area contributed by atoms with Crippen molar-refractivity contribution in [1.29, 1.82) is 0 Å². The molecule has 1 rings (SSSR count). The Kier molecular flexibility index (Phi) is 6.58. The second kappa shape index (κ2) is 7.53. The molecule has 21 heavy (non-hydrogen) atoms. The maximum atomic E-state index is 13.2. The Bertz CT molecular complexity index is 593. The molecule has 0 spiro atoms. The lowest BCUT2D eigenvalue weighted by Gasteiger charge is -2.20. The Hall–Kier alpha value is -0.700. The number of sulfonamides is 1. The zero-order valence-electron chi connectivity index (χ0n) is 12.4. The maximum Gasteiger partial charge on any atom is 0.241 e. The lowest BCUT2D eigenvalue weighted by Crippen LogP contribution is -2.31. The second-order valence-corrected chi connectivity index (χ2v) is 7.72. The lowest BCUT2D eigenvalue weighted by atomic mass is 10.3. The van der Waals surface area contributed by atoms with Gasteiger partial charge in [-0.3, -0.25) is 0 Å². The van der Waals surface area contributed by atoms with Crippen molar-refractivity contribution in [2.75, 3.05) is 25.9 Å². The predicted molar refractivity (Wildman–Crippen MR) is 86.1 cm³/mol. The molecule has 0 saturated carbocycles. The second-order valence-electron chi connectivity index (χ2n) is 5.13. The van der Waals surface area contributed by atoms with Crippen molar-refractivity contribution in [1.82, 2.24) is 9.62 Å². The van der Waals surface area contributed by atoms with Crippen molar-refractivity contribution in [2.24, 2.45) is 0 Å². The van der Waals surface area contributed by atoms with Crippen molar-refractivity contribution in [3.8, 4) is 0 Å². The molecular weight excluding hydrogens is 361 g/mol. The molecule has 0 aromatic heterocycles. The molecule has 1 aromatic carbocycles. The average Bonchev–Trinajstić information content (AvgIpc) is 2.38. The Morgan fingerprint density at radius 1 is 1.43 bits per heavy atom. The van der Waals surface area contributed by atoms with E-state index in [0.717, 1.165) is 18.7 Å². The van der Waals surface area contributed by atoms with E-state index in [4.69, 9.17) is 5.73 Å². The third kappa shape index (κ3) is 5.21. The van der Waals surface area contributed by atoms with E-state index in [2.05, 4.69) is 39.4 Å². The van der Waals surface area contributed by atoms with Crippen LogP contribution in [0.4, 0.5) is 10.1 Å². The highest BCUT2D eigenvalue weighted by atomic mass is 79.9. The average molecular weight is 382 g/mol. The minimum Gasteiger partial charge on any atom is -0.396 e. The SMILES string of the molecule is CC(C)N(C)CCCNS(=O)(=O)c1cc(N)c(F)cc1Br. The van der Waals surface area contributed by atoms with Crippen molar-refractivity contribution >= 4 is 31.6 Å². The first kappa shape index (κ1) is 18.3. The molecule has 0 atom stereocenters. The normalized spacial score (nSPS) is 12.3. The summed E-state index contributed by atoms with van der Waals surface area (Å²) in [5, 5.41) is 0. The summed E-state index contributed by atoms with van der Waals surface area (Å²) in [5.74, 6) is -0.653. The molecule has 120 valence electrons. The van der Waals surface area contributed by atoms with Crippen LogP contribution < -0.4 is 10.5 Å². The molecule has 0 aliphatic rings. The number of rotatable bonds is 7. The van der Waals surface area contributed by atoms with E-state index in [0.29, 0.717) is 19.0 Å². The Balaban J connectivity index is 2.68. The van der Waals surface area contributed by atoms with E-state index in [9.17, 15) is 12.8 Å². The third-order valence-electron chi connectivity index (χ3n) is 3.20. The third-order valence-corrected chi connectivity index (χ3v) is 5.62. The van der Waals surface area contributed by atoms with Gasteiger partial charge in [0.25, 0.3) is 0 Å². The molecule has 0 aliphatic heterocycles. The minimum atomic E-state index is -3.71. The van der Waals surface area contributed by atoms with Crippen molar-refractivity contribution in [3.05, 3.63) is 22.4 Å². The Morgan fingerprint density at radius 3 is 2.62 bits per heavy atom. The maximum absolute atomic E-state index is 13.2. The number of nitrogens with two attached hydrogens (primary N) is 1. The van der Waals surface area contributed by atoms with Gasteiger partial charge in [-0.05, 0) is 61.9 Å². The van der Waals surface area contributed by atoms with Crippen LogP contribution in [0.5, 0.6) is 0 Å².